The van der Waals surface area contributed by atoms with Gasteiger partial charge in [-0.05, 0) is 25.5 Å². The molecular formula is C13H17NO. The van der Waals surface area contributed by atoms with E-state index in [0.29, 0.717) is 6.04 Å². The predicted octanol–water partition coefficient (Wildman–Crippen LogP) is 2.46. The molecule has 80 valence electrons. The Morgan fingerprint density at radius 1 is 1.40 bits per heavy atom. The van der Waals surface area contributed by atoms with Crippen LogP contribution in [-0.4, -0.2) is 19.7 Å². The summed E-state index contributed by atoms with van der Waals surface area (Å²) in [5.74, 6) is 0.937. The van der Waals surface area contributed by atoms with Crippen molar-refractivity contribution < 1.29 is 4.74 Å². The number of methoxy groups -OCH3 is 1. The van der Waals surface area contributed by atoms with E-state index in [1.165, 1.54) is 12.8 Å². The molecule has 2 nitrogen and oxygen atoms in total. The molecule has 1 aliphatic heterocycles. The maximum atomic E-state index is 5.29. The zero-order valence-electron chi connectivity index (χ0n) is 9.07. The van der Waals surface area contributed by atoms with Crippen LogP contribution in [0.4, 0.5) is 0 Å². The maximum Gasteiger partial charge on any atom is 0.126 e. The van der Waals surface area contributed by atoms with E-state index in [1.54, 1.807) is 7.11 Å². The smallest absolute Gasteiger partial charge is 0.126 e. The molecule has 1 aromatic carbocycles. The lowest BCUT2D eigenvalue weighted by Gasteiger charge is -2.05. The molecule has 1 fully saturated rings. The number of ether oxygens (including phenoxy) is 1. The molecule has 15 heavy (non-hydrogen) atoms. The number of hydrogen-bond acceptors (Lipinski definition) is 2. The summed E-state index contributed by atoms with van der Waals surface area (Å²) in [5.41, 5.74) is 1.15. The van der Waals surface area contributed by atoms with Crippen molar-refractivity contribution in [3.63, 3.8) is 0 Å². The fourth-order valence-corrected chi connectivity index (χ4v) is 1.90. The Labute approximate surface area is 91.0 Å². The van der Waals surface area contributed by atoms with E-state index in [0.717, 1.165) is 17.9 Å². The van der Waals surface area contributed by atoms with Gasteiger partial charge >= 0.3 is 0 Å². The Morgan fingerprint density at radius 2 is 2.27 bits per heavy atom. The van der Waals surface area contributed by atoms with Gasteiger partial charge in [0.25, 0.3) is 0 Å². The van der Waals surface area contributed by atoms with E-state index in [-0.39, 0.29) is 0 Å². The summed E-state index contributed by atoms with van der Waals surface area (Å²) in [6.07, 6.45) is 6.89. The molecule has 0 radical (unpaired) electrons. The second-order valence-corrected chi connectivity index (χ2v) is 3.80. The average molecular weight is 203 g/mol. The Balaban J connectivity index is 2.08. The first-order valence-corrected chi connectivity index (χ1v) is 5.45. The largest absolute Gasteiger partial charge is 0.496 e. The first kappa shape index (κ1) is 10.2. The molecule has 1 unspecified atom stereocenters. The molecule has 1 aromatic rings. The van der Waals surface area contributed by atoms with Crippen LogP contribution in [0.25, 0.3) is 6.08 Å². The molecule has 0 amide bonds. The van der Waals surface area contributed by atoms with Crippen LogP contribution in [0.2, 0.25) is 0 Å². The highest BCUT2D eigenvalue weighted by Crippen LogP contribution is 2.19. The van der Waals surface area contributed by atoms with E-state index in [4.69, 9.17) is 4.74 Å². The second-order valence-electron chi connectivity index (χ2n) is 3.80. The molecule has 1 heterocycles. The van der Waals surface area contributed by atoms with Gasteiger partial charge in [-0.2, -0.15) is 0 Å². The van der Waals surface area contributed by atoms with E-state index in [1.807, 2.05) is 18.2 Å². The highest BCUT2D eigenvalue weighted by atomic mass is 16.5. The molecule has 0 spiro atoms. The van der Waals surface area contributed by atoms with Crippen molar-refractivity contribution in [2.24, 2.45) is 0 Å². The molecule has 1 N–H and O–H groups in total. The molecule has 1 atom stereocenters. The van der Waals surface area contributed by atoms with Gasteiger partial charge in [0.15, 0.2) is 0 Å². The van der Waals surface area contributed by atoms with Gasteiger partial charge in [0.05, 0.1) is 7.11 Å². The molecule has 0 saturated carbocycles. The molecule has 0 bridgehead atoms. The number of para-hydroxylation sites is 1. The van der Waals surface area contributed by atoms with E-state index in [9.17, 15) is 0 Å². The number of hydrogen-bond donors (Lipinski definition) is 1. The van der Waals surface area contributed by atoms with Crippen molar-refractivity contribution in [1.29, 1.82) is 0 Å². The number of benzene rings is 1. The maximum absolute atomic E-state index is 5.29. The lowest BCUT2D eigenvalue weighted by Crippen LogP contribution is -2.17. The standard InChI is InChI=1S/C13H17NO/c1-15-13-7-3-2-5-11(13)8-9-12-6-4-10-14-12/h2-3,5,7-9,12,14H,4,6,10H2,1H3/b9-8+. The van der Waals surface area contributed by atoms with Gasteiger partial charge in [-0.1, -0.05) is 30.4 Å². The van der Waals surface area contributed by atoms with Gasteiger partial charge in [0.2, 0.25) is 0 Å². The second kappa shape index (κ2) is 4.99. The van der Waals surface area contributed by atoms with Crippen molar-refractivity contribution in [3.8, 4) is 5.75 Å². The molecule has 2 heteroatoms. The fraction of sp³-hybridized carbons (Fsp3) is 0.385. The minimum atomic E-state index is 0.537. The Bertz CT molecular complexity index is 340. The predicted molar refractivity (Wildman–Crippen MR) is 63.1 cm³/mol. The molecule has 1 saturated heterocycles. The van der Waals surface area contributed by atoms with Crippen molar-refractivity contribution in [2.45, 2.75) is 18.9 Å². The van der Waals surface area contributed by atoms with Gasteiger partial charge in [-0.15, -0.1) is 0 Å². The van der Waals surface area contributed by atoms with Crippen molar-refractivity contribution in [3.05, 3.63) is 35.9 Å². The zero-order chi connectivity index (χ0) is 10.5. The van der Waals surface area contributed by atoms with E-state index >= 15 is 0 Å². The molecule has 2 rings (SSSR count). The van der Waals surface area contributed by atoms with Crippen molar-refractivity contribution >= 4 is 6.08 Å². The van der Waals surface area contributed by atoms with Gasteiger partial charge in [0.1, 0.15) is 5.75 Å². The SMILES string of the molecule is COc1ccccc1/C=C/C1CCCN1. The topological polar surface area (TPSA) is 21.3 Å². The van der Waals surface area contributed by atoms with Crippen LogP contribution >= 0.6 is 0 Å². The summed E-state index contributed by atoms with van der Waals surface area (Å²) < 4.78 is 5.29. The highest BCUT2D eigenvalue weighted by Gasteiger charge is 2.09. The zero-order valence-corrected chi connectivity index (χ0v) is 9.07. The number of rotatable bonds is 3. The lowest BCUT2D eigenvalue weighted by molar-refractivity contribution is 0.414. The number of nitrogens with one attached hydrogen (secondary N) is 1. The first-order valence-electron chi connectivity index (χ1n) is 5.45. The molecular weight excluding hydrogens is 186 g/mol. The normalized spacial score (nSPS) is 21.0. The van der Waals surface area contributed by atoms with E-state index < -0.39 is 0 Å². The molecule has 0 aliphatic carbocycles. The monoisotopic (exact) mass is 203 g/mol. The van der Waals surface area contributed by atoms with Crippen molar-refractivity contribution in [1.82, 2.24) is 5.32 Å². The van der Waals surface area contributed by atoms with Crippen molar-refractivity contribution in [2.75, 3.05) is 13.7 Å². The Hall–Kier alpha value is -1.28. The van der Waals surface area contributed by atoms with Crippen LogP contribution in [0.5, 0.6) is 5.75 Å². The van der Waals surface area contributed by atoms with Crippen LogP contribution in [-0.2, 0) is 0 Å². The quantitative estimate of drug-likeness (QED) is 0.814. The van der Waals surface area contributed by atoms with Gasteiger partial charge in [-0.25, -0.2) is 0 Å². The minimum absolute atomic E-state index is 0.537. The lowest BCUT2D eigenvalue weighted by atomic mass is 10.1. The van der Waals surface area contributed by atoms with Gasteiger partial charge in [0, 0.05) is 11.6 Å². The fourth-order valence-electron chi connectivity index (χ4n) is 1.90. The van der Waals surface area contributed by atoms with Crippen LogP contribution in [0, 0.1) is 0 Å². The summed E-state index contributed by atoms with van der Waals surface area (Å²) >= 11 is 0. The summed E-state index contributed by atoms with van der Waals surface area (Å²) in [5, 5.41) is 3.44. The molecule has 1 aliphatic rings. The van der Waals surface area contributed by atoms with Crippen LogP contribution in [0.3, 0.4) is 0 Å². The first-order chi connectivity index (χ1) is 7.40. The average Bonchev–Trinajstić information content (AvgIpc) is 2.79. The van der Waals surface area contributed by atoms with Gasteiger partial charge < -0.3 is 10.1 Å². The summed E-state index contributed by atoms with van der Waals surface area (Å²) in [4.78, 5) is 0. The Kier molecular flexibility index (Phi) is 3.41. The molecule has 0 aromatic heterocycles. The Morgan fingerprint density at radius 3 is 3.00 bits per heavy atom. The minimum Gasteiger partial charge on any atom is -0.496 e. The third kappa shape index (κ3) is 2.60. The summed E-state index contributed by atoms with van der Waals surface area (Å²) in [6.45, 7) is 1.14. The van der Waals surface area contributed by atoms with Crippen LogP contribution in [0.1, 0.15) is 18.4 Å². The van der Waals surface area contributed by atoms with Crippen LogP contribution < -0.4 is 10.1 Å². The third-order valence-electron chi connectivity index (χ3n) is 2.75. The van der Waals surface area contributed by atoms with Gasteiger partial charge in [-0.3, -0.25) is 0 Å². The summed E-state index contributed by atoms with van der Waals surface area (Å²) in [6, 6.07) is 8.62. The van der Waals surface area contributed by atoms with E-state index in [2.05, 4.69) is 23.5 Å². The highest BCUT2D eigenvalue weighted by molar-refractivity contribution is 5.57. The third-order valence-corrected chi connectivity index (χ3v) is 2.75. The van der Waals surface area contributed by atoms with Crippen LogP contribution in [0.15, 0.2) is 30.3 Å². The summed E-state index contributed by atoms with van der Waals surface area (Å²) in [7, 11) is 1.71.